The van der Waals surface area contributed by atoms with Crippen LogP contribution in [0.3, 0.4) is 0 Å². The fourth-order valence-corrected chi connectivity index (χ4v) is 3.34. The third-order valence-electron chi connectivity index (χ3n) is 4.99. The second-order valence-corrected chi connectivity index (χ2v) is 6.87. The predicted octanol–water partition coefficient (Wildman–Crippen LogP) is 2.77. The van der Waals surface area contributed by atoms with E-state index in [0.717, 1.165) is 44.2 Å². The molecule has 0 bridgehead atoms. The van der Waals surface area contributed by atoms with Gasteiger partial charge in [0.1, 0.15) is 0 Å². The van der Waals surface area contributed by atoms with Crippen molar-refractivity contribution in [3.8, 4) is 0 Å². The first-order valence-electron chi connectivity index (χ1n) is 8.00. The molecule has 1 heterocycles. The fraction of sp³-hybridized carbons (Fsp3) is 0.875. The average Bonchev–Trinajstić information content (AvgIpc) is 2.34. The molecular weight excluding hydrogens is 254 g/mol. The zero-order valence-electron chi connectivity index (χ0n) is 12.7. The molecule has 2 fully saturated rings. The Morgan fingerprint density at radius 3 is 2.15 bits per heavy atom. The van der Waals surface area contributed by atoms with Crippen molar-refractivity contribution >= 4 is 11.9 Å². The predicted molar refractivity (Wildman–Crippen MR) is 77.2 cm³/mol. The maximum atomic E-state index is 12.3. The van der Waals surface area contributed by atoms with Crippen LogP contribution in [0.2, 0.25) is 0 Å². The van der Waals surface area contributed by atoms with E-state index >= 15 is 0 Å². The molecule has 1 saturated carbocycles. The Labute approximate surface area is 121 Å². The molecule has 0 aromatic heterocycles. The van der Waals surface area contributed by atoms with Crippen LogP contribution in [-0.2, 0) is 9.59 Å². The highest BCUT2D eigenvalue weighted by molar-refractivity contribution is 5.86. The Balaban J connectivity index is 1.76. The number of carboxylic acids is 1. The lowest BCUT2D eigenvalue weighted by atomic mass is 9.72. The molecule has 2 unspecified atom stereocenters. The van der Waals surface area contributed by atoms with Gasteiger partial charge in [-0.15, -0.1) is 0 Å². The maximum absolute atomic E-state index is 12.3. The second kappa shape index (κ2) is 6.59. The van der Waals surface area contributed by atoms with Gasteiger partial charge in [0.25, 0.3) is 0 Å². The number of aliphatic carboxylic acids is 1. The molecule has 2 rings (SSSR count). The molecule has 0 aromatic rings. The molecule has 1 aliphatic heterocycles. The number of hydrogen-bond acceptors (Lipinski definition) is 2. The summed E-state index contributed by atoms with van der Waals surface area (Å²) in [5.74, 6) is 0.104. The van der Waals surface area contributed by atoms with Crippen molar-refractivity contribution in [2.45, 2.75) is 52.4 Å². The second-order valence-electron chi connectivity index (χ2n) is 6.87. The van der Waals surface area contributed by atoms with E-state index in [1.165, 1.54) is 12.8 Å². The largest absolute Gasteiger partial charge is 0.481 e. The molecule has 1 aliphatic carbocycles. The number of amides is 1. The average molecular weight is 281 g/mol. The lowest BCUT2D eigenvalue weighted by Gasteiger charge is -2.39. The molecule has 1 N–H and O–H groups in total. The highest BCUT2D eigenvalue weighted by Gasteiger charge is 2.43. The lowest BCUT2D eigenvalue weighted by molar-refractivity contribution is -0.157. The summed E-state index contributed by atoms with van der Waals surface area (Å²) in [6.45, 7) is 6.15. The summed E-state index contributed by atoms with van der Waals surface area (Å²) in [7, 11) is 0. The van der Waals surface area contributed by atoms with E-state index < -0.39 is 11.9 Å². The smallest absolute Gasteiger partial charge is 0.307 e. The first-order chi connectivity index (χ1) is 9.49. The zero-order valence-corrected chi connectivity index (χ0v) is 12.7. The van der Waals surface area contributed by atoms with Crippen LogP contribution in [0.1, 0.15) is 52.4 Å². The van der Waals surface area contributed by atoms with Crippen molar-refractivity contribution < 1.29 is 14.7 Å². The Kier molecular flexibility index (Phi) is 5.06. The van der Waals surface area contributed by atoms with Crippen molar-refractivity contribution in [1.82, 2.24) is 4.90 Å². The van der Waals surface area contributed by atoms with Crippen molar-refractivity contribution in [1.29, 1.82) is 0 Å². The molecule has 114 valence electrons. The summed E-state index contributed by atoms with van der Waals surface area (Å²) in [5, 5.41) is 9.04. The molecular formula is C16H27NO3. The molecule has 1 saturated heterocycles. The van der Waals surface area contributed by atoms with Crippen molar-refractivity contribution in [2.75, 3.05) is 13.1 Å². The molecule has 2 aliphatic rings. The molecule has 0 radical (unpaired) electrons. The van der Waals surface area contributed by atoms with Crippen molar-refractivity contribution in [3.05, 3.63) is 0 Å². The molecule has 4 heteroatoms. The molecule has 20 heavy (non-hydrogen) atoms. The van der Waals surface area contributed by atoms with Crippen LogP contribution >= 0.6 is 0 Å². The van der Waals surface area contributed by atoms with E-state index in [-0.39, 0.29) is 11.8 Å². The number of carbonyl (C=O) groups excluding carboxylic acids is 1. The topological polar surface area (TPSA) is 57.6 Å². The summed E-state index contributed by atoms with van der Waals surface area (Å²) in [4.78, 5) is 25.2. The van der Waals surface area contributed by atoms with Gasteiger partial charge in [-0.2, -0.15) is 0 Å². The number of hydrogen-bond donors (Lipinski definition) is 1. The summed E-state index contributed by atoms with van der Waals surface area (Å²) < 4.78 is 0. The zero-order chi connectivity index (χ0) is 14.7. The van der Waals surface area contributed by atoms with E-state index in [1.807, 2.05) is 4.90 Å². The number of likely N-dealkylation sites (tertiary alicyclic amines) is 1. The van der Waals surface area contributed by atoms with Gasteiger partial charge in [0.2, 0.25) is 5.91 Å². The van der Waals surface area contributed by atoms with Crippen LogP contribution in [0, 0.1) is 23.7 Å². The quantitative estimate of drug-likeness (QED) is 0.843. The van der Waals surface area contributed by atoms with Crippen molar-refractivity contribution in [2.24, 2.45) is 23.7 Å². The highest BCUT2D eigenvalue weighted by Crippen LogP contribution is 2.37. The maximum Gasteiger partial charge on any atom is 0.307 e. The van der Waals surface area contributed by atoms with Gasteiger partial charge >= 0.3 is 5.97 Å². The van der Waals surface area contributed by atoms with E-state index in [1.54, 1.807) is 0 Å². The van der Waals surface area contributed by atoms with Gasteiger partial charge in [0.05, 0.1) is 11.8 Å². The third-order valence-corrected chi connectivity index (χ3v) is 4.99. The van der Waals surface area contributed by atoms with Crippen LogP contribution in [0.15, 0.2) is 0 Å². The molecule has 4 nitrogen and oxygen atoms in total. The van der Waals surface area contributed by atoms with Gasteiger partial charge in [0.15, 0.2) is 0 Å². The lowest BCUT2D eigenvalue weighted by Crippen LogP contribution is -2.48. The Morgan fingerprint density at radius 2 is 1.70 bits per heavy atom. The summed E-state index contributed by atoms with van der Waals surface area (Å²) in [6, 6.07) is 0. The first kappa shape index (κ1) is 15.3. The van der Waals surface area contributed by atoms with E-state index in [0.29, 0.717) is 6.42 Å². The van der Waals surface area contributed by atoms with Crippen molar-refractivity contribution in [3.63, 3.8) is 0 Å². The number of nitrogens with zero attached hydrogens (tertiary/aromatic N) is 1. The molecule has 1 amide bonds. The highest BCUT2D eigenvalue weighted by atomic mass is 16.4. The molecule has 2 atom stereocenters. The van der Waals surface area contributed by atoms with Crippen LogP contribution < -0.4 is 0 Å². The van der Waals surface area contributed by atoms with Gasteiger partial charge in [-0.25, -0.2) is 0 Å². The van der Waals surface area contributed by atoms with Gasteiger partial charge in [-0.1, -0.05) is 26.7 Å². The fourth-order valence-electron chi connectivity index (χ4n) is 3.34. The standard InChI is InChI=1S/C16H27NO3/c1-11(2)3-4-12-7-9-17(10-8-12)15(18)13-5-6-14(13)16(19)20/h11-14H,3-10H2,1-2H3,(H,19,20). The normalized spacial score (nSPS) is 27.4. The minimum absolute atomic E-state index is 0.0889. The SMILES string of the molecule is CC(C)CCC1CCN(C(=O)C2CCC2C(=O)O)CC1. The monoisotopic (exact) mass is 281 g/mol. The van der Waals surface area contributed by atoms with E-state index in [2.05, 4.69) is 13.8 Å². The first-order valence-corrected chi connectivity index (χ1v) is 8.00. The molecule has 0 spiro atoms. The molecule has 0 aromatic carbocycles. The van der Waals surface area contributed by atoms with Gasteiger partial charge in [0, 0.05) is 13.1 Å². The van der Waals surface area contributed by atoms with Crippen LogP contribution in [0.4, 0.5) is 0 Å². The summed E-state index contributed by atoms with van der Waals surface area (Å²) >= 11 is 0. The van der Waals surface area contributed by atoms with Crippen LogP contribution in [0.25, 0.3) is 0 Å². The van der Waals surface area contributed by atoms with Crippen LogP contribution in [-0.4, -0.2) is 35.0 Å². The Morgan fingerprint density at radius 1 is 1.10 bits per heavy atom. The number of piperidine rings is 1. The number of carboxylic acid groups (broad SMARTS) is 1. The van der Waals surface area contributed by atoms with Gasteiger partial charge < -0.3 is 10.0 Å². The minimum atomic E-state index is -0.804. The van der Waals surface area contributed by atoms with Gasteiger partial charge in [-0.05, 0) is 37.5 Å². The summed E-state index contributed by atoms with van der Waals surface area (Å²) in [5.41, 5.74) is 0. The Bertz CT molecular complexity index is 359. The number of carbonyl (C=O) groups is 2. The summed E-state index contributed by atoms with van der Waals surface area (Å²) in [6.07, 6.45) is 6.12. The van der Waals surface area contributed by atoms with E-state index in [4.69, 9.17) is 5.11 Å². The number of rotatable bonds is 5. The minimum Gasteiger partial charge on any atom is -0.481 e. The third kappa shape index (κ3) is 3.53. The van der Waals surface area contributed by atoms with Gasteiger partial charge in [-0.3, -0.25) is 9.59 Å². The Hall–Kier alpha value is -1.06. The van der Waals surface area contributed by atoms with E-state index in [9.17, 15) is 9.59 Å². The van der Waals surface area contributed by atoms with Crippen LogP contribution in [0.5, 0.6) is 0 Å².